The number of anilines is 1. The molecule has 0 saturated carbocycles. The lowest BCUT2D eigenvalue weighted by Crippen LogP contribution is -2.36. The number of piperidine rings is 1. The molecule has 0 unspecified atom stereocenters. The number of hydrogen-bond donors (Lipinski definition) is 1. The summed E-state index contributed by atoms with van der Waals surface area (Å²) in [5.41, 5.74) is 0.00628. The third-order valence-corrected chi connectivity index (χ3v) is 3.60. The summed E-state index contributed by atoms with van der Waals surface area (Å²) in [4.78, 5) is 12.6. The number of rotatable bonds is 3. The minimum Gasteiger partial charge on any atom is -0.377 e. The molecule has 1 aromatic carbocycles. The van der Waals surface area contributed by atoms with Crippen LogP contribution in [0.5, 0.6) is 0 Å². The third kappa shape index (κ3) is 3.33. The zero-order valence-electron chi connectivity index (χ0n) is 10.5. The quantitative estimate of drug-likeness (QED) is 0.686. The Morgan fingerprint density at radius 3 is 2.68 bits per heavy atom. The van der Waals surface area contributed by atoms with E-state index in [2.05, 4.69) is 10.2 Å². The molecule has 1 saturated heterocycles. The van der Waals surface area contributed by atoms with Crippen LogP contribution in [0.25, 0.3) is 0 Å². The van der Waals surface area contributed by atoms with Crippen molar-refractivity contribution in [3.8, 4) is 0 Å². The highest BCUT2D eigenvalue weighted by Gasteiger charge is 2.22. The first-order valence-corrected chi connectivity index (χ1v) is 6.43. The van der Waals surface area contributed by atoms with Gasteiger partial charge >= 0.3 is 0 Å². The van der Waals surface area contributed by atoms with Crippen LogP contribution in [-0.4, -0.2) is 36.0 Å². The number of likely N-dealkylation sites (tertiary alicyclic amines) is 1. The maximum Gasteiger partial charge on any atom is 0.294 e. The summed E-state index contributed by atoms with van der Waals surface area (Å²) in [7, 11) is 2.03. The van der Waals surface area contributed by atoms with Crippen LogP contribution in [0.15, 0.2) is 12.1 Å². The van der Waals surface area contributed by atoms with Gasteiger partial charge in [-0.15, -0.1) is 0 Å². The number of nitrogens with zero attached hydrogens (tertiary/aromatic N) is 2. The summed E-state index contributed by atoms with van der Waals surface area (Å²) in [6.45, 7) is 1.84. The molecule has 19 heavy (non-hydrogen) atoms. The normalized spacial score (nSPS) is 17.4. The maximum atomic E-state index is 13.4. The molecule has 0 bridgehead atoms. The van der Waals surface area contributed by atoms with E-state index in [9.17, 15) is 14.5 Å². The molecule has 0 aliphatic carbocycles. The van der Waals surface area contributed by atoms with Crippen molar-refractivity contribution < 1.29 is 9.31 Å². The summed E-state index contributed by atoms with van der Waals surface area (Å²) in [5, 5.41) is 13.8. The van der Waals surface area contributed by atoms with E-state index in [0.29, 0.717) is 0 Å². The van der Waals surface area contributed by atoms with E-state index in [1.54, 1.807) is 0 Å². The molecular formula is C12H15ClFN3O2. The molecule has 1 aliphatic rings. The first-order valence-electron chi connectivity index (χ1n) is 6.06. The minimum atomic E-state index is -0.650. The highest BCUT2D eigenvalue weighted by molar-refractivity contribution is 6.31. The van der Waals surface area contributed by atoms with Crippen molar-refractivity contribution in [3.05, 3.63) is 33.1 Å². The smallest absolute Gasteiger partial charge is 0.294 e. The molecule has 0 amide bonds. The second-order valence-electron chi connectivity index (χ2n) is 4.76. The summed E-state index contributed by atoms with van der Waals surface area (Å²) in [5.74, 6) is -0.650. The third-order valence-electron chi connectivity index (χ3n) is 3.31. The Bertz CT molecular complexity index is 490. The Morgan fingerprint density at radius 2 is 2.11 bits per heavy atom. The Balaban J connectivity index is 2.19. The highest BCUT2D eigenvalue weighted by Crippen LogP contribution is 2.31. The van der Waals surface area contributed by atoms with Crippen LogP contribution < -0.4 is 5.32 Å². The van der Waals surface area contributed by atoms with E-state index in [1.165, 1.54) is 0 Å². The van der Waals surface area contributed by atoms with E-state index >= 15 is 0 Å². The zero-order chi connectivity index (χ0) is 14.0. The van der Waals surface area contributed by atoms with Gasteiger partial charge in [0.15, 0.2) is 0 Å². The standard InChI is InChI=1S/C12H15ClFN3O2/c1-16-4-2-8(3-5-16)15-11-7-10(14)9(13)6-12(11)17(18)19/h6-8,15H,2-5H2,1H3. The van der Waals surface area contributed by atoms with Crippen molar-refractivity contribution in [2.75, 3.05) is 25.5 Å². The molecule has 0 spiro atoms. The fourth-order valence-electron chi connectivity index (χ4n) is 2.18. The van der Waals surface area contributed by atoms with Gasteiger partial charge in [0.05, 0.1) is 9.95 Å². The first kappa shape index (κ1) is 14.0. The lowest BCUT2D eigenvalue weighted by molar-refractivity contribution is -0.384. The van der Waals surface area contributed by atoms with Crippen molar-refractivity contribution in [1.29, 1.82) is 0 Å². The molecule has 1 heterocycles. The van der Waals surface area contributed by atoms with Crippen molar-refractivity contribution in [1.82, 2.24) is 4.90 Å². The maximum absolute atomic E-state index is 13.4. The average Bonchev–Trinajstić information content (AvgIpc) is 2.36. The van der Waals surface area contributed by atoms with Crippen molar-refractivity contribution in [3.63, 3.8) is 0 Å². The highest BCUT2D eigenvalue weighted by atomic mass is 35.5. The predicted molar refractivity (Wildman–Crippen MR) is 72.2 cm³/mol. The topological polar surface area (TPSA) is 58.4 Å². The second-order valence-corrected chi connectivity index (χ2v) is 5.17. The molecule has 5 nitrogen and oxygen atoms in total. The molecule has 7 heteroatoms. The van der Waals surface area contributed by atoms with Gasteiger partial charge in [0.25, 0.3) is 5.69 Å². The van der Waals surface area contributed by atoms with Crippen molar-refractivity contribution in [2.24, 2.45) is 0 Å². The van der Waals surface area contributed by atoms with Crippen LogP contribution in [-0.2, 0) is 0 Å². The molecule has 104 valence electrons. The summed E-state index contributed by atoms with van der Waals surface area (Å²) in [6, 6.07) is 2.27. The van der Waals surface area contributed by atoms with Gasteiger partial charge in [0.1, 0.15) is 11.5 Å². The van der Waals surface area contributed by atoms with Crippen LogP contribution in [0.3, 0.4) is 0 Å². The monoisotopic (exact) mass is 287 g/mol. The number of hydrogen-bond acceptors (Lipinski definition) is 4. The van der Waals surface area contributed by atoms with Crippen LogP contribution in [0.2, 0.25) is 5.02 Å². The Kier molecular flexibility index (Phi) is 4.21. The molecule has 1 N–H and O–H groups in total. The van der Waals surface area contributed by atoms with Crippen LogP contribution in [0.1, 0.15) is 12.8 Å². The number of halogens is 2. The molecule has 0 atom stereocenters. The number of nitro groups is 1. The molecule has 0 aromatic heterocycles. The number of nitrogens with one attached hydrogen (secondary N) is 1. The molecule has 1 fully saturated rings. The van der Waals surface area contributed by atoms with Crippen LogP contribution >= 0.6 is 11.6 Å². The lowest BCUT2D eigenvalue weighted by Gasteiger charge is -2.30. The predicted octanol–water partition coefficient (Wildman–Crippen LogP) is 2.89. The molecule has 0 radical (unpaired) electrons. The second kappa shape index (κ2) is 5.71. The van der Waals surface area contributed by atoms with Gasteiger partial charge in [0.2, 0.25) is 0 Å². The Labute approximate surface area is 115 Å². The fourth-order valence-corrected chi connectivity index (χ4v) is 2.33. The van der Waals surface area contributed by atoms with Crippen molar-refractivity contribution >= 4 is 23.0 Å². The average molecular weight is 288 g/mol. The SMILES string of the molecule is CN1CCC(Nc2cc(F)c(Cl)cc2[N+](=O)[O-])CC1. The van der Waals surface area contributed by atoms with Gasteiger partial charge in [-0.25, -0.2) is 4.39 Å². The van der Waals surface area contributed by atoms with Gasteiger partial charge in [0, 0.05) is 18.2 Å². The molecule has 1 aliphatic heterocycles. The molecule has 2 rings (SSSR count). The van der Waals surface area contributed by atoms with E-state index in [-0.39, 0.29) is 22.4 Å². The van der Waals surface area contributed by atoms with Gasteiger partial charge in [-0.2, -0.15) is 0 Å². The van der Waals surface area contributed by atoms with E-state index in [0.717, 1.165) is 38.1 Å². The Morgan fingerprint density at radius 1 is 1.47 bits per heavy atom. The summed E-state index contributed by atoms with van der Waals surface area (Å²) in [6.07, 6.45) is 1.75. The minimum absolute atomic E-state index is 0.121. The van der Waals surface area contributed by atoms with E-state index in [1.807, 2.05) is 7.05 Å². The molecular weight excluding hydrogens is 273 g/mol. The van der Waals surface area contributed by atoms with Crippen LogP contribution in [0, 0.1) is 15.9 Å². The van der Waals surface area contributed by atoms with Gasteiger partial charge in [-0.3, -0.25) is 10.1 Å². The number of benzene rings is 1. The van der Waals surface area contributed by atoms with Gasteiger partial charge in [-0.05, 0) is 33.0 Å². The lowest BCUT2D eigenvalue weighted by atomic mass is 10.0. The van der Waals surface area contributed by atoms with Crippen LogP contribution in [0.4, 0.5) is 15.8 Å². The van der Waals surface area contributed by atoms with E-state index in [4.69, 9.17) is 11.6 Å². The van der Waals surface area contributed by atoms with Gasteiger partial charge in [-0.1, -0.05) is 11.6 Å². The Hall–Kier alpha value is -1.40. The molecule has 1 aromatic rings. The number of nitro benzene ring substituents is 1. The van der Waals surface area contributed by atoms with Gasteiger partial charge < -0.3 is 10.2 Å². The first-order chi connectivity index (χ1) is 8.97. The van der Waals surface area contributed by atoms with Crippen molar-refractivity contribution in [2.45, 2.75) is 18.9 Å². The largest absolute Gasteiger partial charge is 0.377 e. The summed E-state index contributed by atoms with van der Waals surface area (Å²) < 4.78 is 13.4. The summed E-state index contributed by atoms with van der Waals surface area (Å²) >= 11 is 5.58. The fraction of sp³-hybridized carbons (Fsp3) is 0.500. The zero-order valence-corrected chi connectivity index (χ0v) is 11.3. The van der Waals surface area contributed by atoms with E-state index < -0.39 is 10.7 Å².